The van der Waals surface area contributed by atoms with Gasteiger partial charge < -0.3 is 10.4 Å². The Hall–Kier alpha value is -0.0800. The van der Waals surface area contributed by atoms with Gasteiger partial charge in [0.15, 0.2) is 0 Å². The van der Waals surface area contributed by atoms with Crippen molar-refractivity contribution in [3.05, 3.63) is 0 Å². The molecule has 0 amide bonds. The molecular weight excluding hydrogens is 138 g/mol. The van der Waals surface area contributed by atoms with Gasteiger partial charge in [0.1, 0.15) is 0 Å². The minimum absolute atomic E-state index is 0.417. The van der Waals surface area contributed by atoms with Gasteiger partial charge in [-0.1, -0.05) is 0 Å². The van der Waals surface area contributed by atoms with E-state index in [-0.39, 0.29) is 0 Å². The highest BCUT2D eigenvalue weighted by Crippen LogP contribution is 2.58. The van der Waals surface area contributed by atoms with Crippen molar-refractivity contribution in [3.63, 3.8) is 0 Å². The second kappa shape index (κ2) is 2.76. The standard InChI is InChI=1S/C9H17NO/c11-7-8-6-9(8)2-1-4-10-5-3-9/h8,10-11H,1-7H2. The van der Waals surface area contributed by atoms with E-state index in [0.29, 0.717) is 17.9 Å². The highest BCUT2D eigenvalue weighted by atomic mass is 16.3. The van der Waals surface area contributed by atoms with Crippen LogP contribution < -0.4 is 5.32 Å². The summed E-state index contributed by atoms with van der Waals surface area (Å²) >= 11 is 0. The fourth-order valence-corrected chi connectivity index (χ4v) is 2.46. The second-order valence-corrected chi connectivity index (χ2v) is 4.05. The number of hydrogen-bond donors (Lipinski definition) is 2. The van der Waals surface area contributed by atoms with Crippen molar-refractivity contribution >= 4 is 0 Å². The first-order valence-corrected chi connectivity index (χ1v) is 4.69. The van der Waals surface area contributed by atoms with E-state index in [1.54, 1.807) is 0 Å². The monoisotopic (exact) mass is 155 g/mol. The number of hydrogen-bond acceptors (Lipinski definition) is 2. The quantitative estimate of drug-likeness (QED) is 0.586. The van der Waals surface area contributed by atoms with E-state index >= 15 is 0 Å². The number of aliphatic hydroxyl groups excluding tert-OH is 1. The van der Waals surface area contributed by atoms with Gasteiger partial charge in [-0.15, -0.1) is 0 Å². The zero-order valence-corrected chi connectivity index (χ0v) is 6.97. The van der Waals surface area contributed by atoms with Gasteiger partial charge in [0.2, 0.25) is 0 Å². The van der Waals surface area contributed by atoms with Crippen LogP contribution in [0.15, 0.2) is 0 Å². The smallest absolute Gasteiger partial charge is 0.0464 e. The van der Waals surface area contributed by atoms with Crippen molar-refractivity contribution in [2.45, 2.75) is 25.7 Å². The van der Waals surface area contributed by atoms with Crippen molar-refractivity contribution in [3.8, 4) is 0 Å². The topological polar surface area (TPSA) is 32.3 Å². The molecule has 2 rings (SSSR count). The zero-order chi connectivity index (χ0) is 7.73. The summed E-state index contributed by atoms with van der Waals surface area (Å²) in [6.45, 7) is 2.76. The minimum atomic E-state index is 0.417. The minimum Gasteiger partial charge on any atom is -0.396 e. The molecule has 1 saturated carbocycles. The summed E-state index contributed by atoms with van der Waals surface area (Å²) in [5, 5.41) is 12.4. The Morgan fingerprint density at radius 1 is 1.36 bits per heavy atom. The van der Waals surface area contributed by atoms with Gasteiger partial charge >= 0.3 is 0 Å². The van der Waals surface area contributed by atoms with E-state index in [2.05, 4.69) is 5.32 Å². The Kier molecular flexibility index (Phi) is 1.90. The molecular formula is C9H17NO. The first-order chi connectivity index (χ1) is 5.37. The molecule has 64 valence electrons. The lowest BCUT2D eigenvalue weighted by Crippen LogP contribution is -2.15. The van der Waals surface area contributed by atoms with Crippen LogP contribution in [0.2, 0.25) is 0 Å². The Labute approximate surface area is 68.0 Å². The number of rotatable bonds is 1. The molecule has 0 aromatic rings. The summed E-state index contributed by atoms with van der Waals surface area (Å²) in [6.07, 6.45) is 5.21. The molecule has 1 spiro atoms. The van der Waals surface area contributed by atoms with Gasteiger partial charge in [-0.05, 0) is 50.1 Å². The van der Waals surface area contributed by atoms with Crippen molar-refractivity contribution in [2.75, 3.05) is 19.7 Å². The number of aliphatic hydroxyl groups is 1. The maximum absolute atomic E-state index is 8.99. The summed E-state index contributed by atoms with van der Waals surface area (Å²) in [4.78, 5) is 0. The Morgan fingerprint density at radius 2 is 2.27 bits per heavy atom. The average molecular weight is 155 g/mol. The van der Waals surface area contributed by atoms with E-state index in [9.17, 15) is 0 Å². The molecule has 11 heavy (non-hydrogen) atoms. The van der Waals surface area contributed by atoms with Gasteiger partial charge in [0.05, 0.1) is 0 Å². The van der Waals surface area contributed by atoms with Crippen LogP contribution in [0.5, 0.6) is 0 Å². The van der Waals surface area contributed by atoms with Crippen LogP contribution in [0.1, 0.15) is 25.7 Å². The molecule has 1 aliphatic carbocycles. The summed E-state index contributed by atoms with van der Waals surface area (Å²) in [5.41, 5.74) is 0.568. The zero-order valence-electron chi connectivity index (χ0n) is 6.97. The molecule has 2 nitrogen and oxygen atoms in total. The lowest BCUT2D eigenvalue weighted by molar-refractivity contribution is 0.241. The molecule has 0 aromatic carbocycles. The first-order valence-electron chi connectivity index (χ1n) is 4.69. The fourth-order valence-electron chi connectivity index (χ4n) is 2.46. The molecule has 1 aliphatic heterocycles. The molecule has 2 fully saturated rings. The summed E-state index contributed by atoms with van der Waals surface area (Å²) in [7, 11) is 0. The Bertz CT molecular complexity index is 138. The van der Waals surface area contributed by atoms with Gasteiger partial charge in [-0.25, -0.2) is 0 Å². The Morgan fingerprint density at radius 3 is 3.00 bits per heavy atom. The maximum atomic E-state index is 8.99. The van der Waals surface area contributed by atoms with Gasteiger partial charge in [-0.2, -0.15) is 0 Å². The average Bonchev–Trinajstić information content (AvgIpc) is 2.76. The fraction of sp³-hybridized carbons (Fsp3) is 1.00. The molecule has 2 unspecified atom stereocenters. The predicted octanol–water partition coefficient (Wildman–Crippen LogP) is 0.758. The molecule has 2 atom stereocenters. The lowest BCUT2D eigenvalue weighted by Gasteiger charge is -2.11. The van der Waals surface area contributed by atoms with E-state index in [1.807, 2.05) is 0 Å². The molecule has 2 N–H and O–H groups in total. The third-order valence-corrected chi connectivity index (χ3v) is 3.41. The molecule has 0 radical (unpaired) electrons. The van der Waals surface area contributed by atoms with Crippen molar-refractivity contribution in [1.82, 2.24) is 5.32 Å². The van der Waals surface area contributed by atoms with Crippen molar-refractivity contribution in [1.29, 1.82) is 0 Å². The largest absolute Gasteiger partial charge is 0.396 e. The Balaban J connectivity index is 1.92. The van der Waals surface area contributed by atoms with Crippen LogP contribution in [0.4, 0.5) is 0 Å². The molecule has 1 heterocycles. The van der Waals surface area contributed by atoms with Crippen LogP contribution in [0, 0.1) is 11.3 Å². The second-order valence-electron chi connectivity index (χ2n) is 4.05. The van der Waals surface area contributed by atoms with Gasteiger partial charge in [0.25, 0.3) is 0 Å². The van der Waals surface area contributed by atoms with E-state index < -0.39 is 0 Å². The third kappa shape index (κ3) is 1.30. The molecule has 1 saturated heterocycles. The van der Waals surface area contributed by atoms with Crippen LogP contribution in [-0.2, 0) is 0 Å². The lowest BCUT2D eigenvalue weighted by atomic mass is 9.95. The predicted molar refractivity (Wildman–Crippen MR) is 44.3 cm³/mol. The van der Waals surface area contributed by atoms with Crippen LogP contribution in [0.25, 0.3) is 0 Å². The van der Waals surface area contributed by atoms with Gasteiger partial charge in [-0.3, -0.25) is 0 Å². The third-order valence-electron chi connectivity index (χ3n) is 3.41. The summed E-state index contributed by atoms with van der Waals surface area (Å²) in [5.74, 6) is 0.641. The summed E-state index contributed by atoms with van der Waals surface area (Å²) < 4.78 is 0. The van der Waals surface area contributed by atoms with E-state index in [4.69, 9.17) is 5.11 Å². The van der Waals surface area contributed by atoms with Crippen molar-refractivity contribution < 1.29 is 5.11 Å². The van der Waals surface area contributed by atoms with Gasteiger partial charge in [0, 0.05) is 6.61 Å². The van der Waals surface area contributed by atoms with E-state index in [1.165, 1.54) is 32.2 Å². The highest BCUT2D eigenvalue weighted by molar-refractivity contribution is 5.02. The molecule has 2 aliphatic rings. The summed E-state index contributed by atoms with van der Waals surface area (Å²) in [6, 6.07) is 0. The van der Waals surface area contributed by atoms with Crippen molar-refractivity contribution in [2.24, 2.45) is 11.3 Å². The molecule has 0 aromatic heterocycles. The highest BCUT2D eigenvalue weighted by Gasteiger charge is 2.52. The molecule has 2 heteroatoms. The van der Waals surface area contributed by atoms with Crippen LogP contribution >= 0.6 is 0 Å². The first kappa shape index (κ1) is 7.56. The van der Waals surface area contributed by atoms with E-state index in [0.717, 1.165) is 6.54 Å². The van der Waals surface area contributed by atoms with Crippen LogP contribution in [0.3, 0.4) is 0 Å². The SMILES string of the molecule is OCC1CC12CCCNCC2. The van der Waals surface area contributed by atoms with Crippen LogP contribution in [-0.4, -0.2) is 24.8 Å². The maximum Gasteiger partial charge on any atom is 0.0464 e. The normalized spacial score (nSPS) is 43.9. The number of nitrogens with one attached hydrogen (secondary N) is 1. The molecule has 0 bridgehead atoms.